The van der Waals surface area contributed by atoms with Gasteiger partial charge in [0.1, 0.15) is 17.8 Å². The Hall–Kier alpha value is -3.61. The second-order valence-electron chi connectivity index (χ2n) is 11.3. The lowest BCUT2D eigenvalue weighted by Gasteiger charge is -2.41. The lowest BCUT2D eigenvalue weighted by atomic mass is 9.80. The van der Waals surface area contributed by atoms with Crippen LogP contribution < -0.4 is 13.8 Å². The molecule has 1 saturated heterocycles. The molecule has 2 aliphatic rings. The van der Waals surface area contributed by atoms with Crippen LogP contribution in [0.4, 0.5) is 5.69 Å². The molecule has 4 aromatic rings. The summed E-state index contributed by atoms with van der Waals surface area (Å²) < 4.78 is 46.9. The average Bonchev–Trinajstić information content (AvgIpc) is 3.81. The summed E-state index contributed by atoms with van der Waals surface area (Å²) in [6.07, 6.45) is 4.37. The van der Waals surface area contributed by atoms with Crippen molar-refractivity contribution in [3.63, 3.8) is 0 Å². The summed E-state index contributed by atoms with van der Waals surface area (Å²) in [6.45, 7) is 3.87. The van der Waals surface area contributed by atoms with Gasteiger partial charge in [-0.2, -0.15) is 0 Å². The Morgan fingerprint density at radius 3 is 2.43 bits per heavy atom. The number of amides is 1. The van der Waals surface area contributed by atoms with Crippen LogP contribution in [0, 0.1) is 0 Å². The van der Waals surface area contributed by atoms with Crippen LogP contribution in [0.25, 0.3) is 0 Å². The highest BCUT2D eigenvalue weighted by molar-refractivity contribution is 7.93. The molecule has 3 aromatic carbocycles. The number of halogens is 2. The molecule has 3 heterocycles. The number of methoxy groups -OCH3 is 2. The summed E-state index contributed by atoms with van der Waals surface area (Å²) >= 11 is 13.2. The first-order chi connectivity index (χ1) is 22.1. The quantitative estimate of drug-likeness (QED) is 0.191. The van der Waals surface area contributed by atoms with Crippen molar-refractivity contribution in [2.75, 3.05) is 38.7 Å². The van der Waals surface area contributed by atoms with E-state index in [1.807, 2.05) is 30.1 Å². The Balaban J connectivity index is 1.68. The van der Waals surface area contributed by atoms with Gasteiger partial charge in [0.15, 0.2) is 5.54 Å². The number of fused-ring (bicyclic) bond motifs is 1. The Bertz CT molecular complexity index is 1870. The van der Waals surface area contributed by atoms with Gasteiger partial charge in [-0.15, -0.1) is 0 Å². The molecule has 0 aliphatic carbocycles. The van der Waals surface area contributed by atoms with Gasteiger partial charge in [-0.05, 0) is 80.5 Å². The molecule has 0 spiro atoms. The Kier molecular flexibility index (Phi) is 8.81. The van der Waals surface area contributed by atoms with Crippen molar-refractivity contribution in [3.05, 3.63) is 99.7 Å². The summed E-state index contributed by atoms with van der Waals surface area (Å²) in [7, 11) is 0.542. The molecule has 13 heteroatoms. The first-order valence-corrected chi connectivity index (χ1v) is 17.0. The molecule has 2 aliphatic heterocycles. The summed E-state index contributed by atoms with van der Waals surface area (Å²) in [5, 5.41) is 0.281. The number of aromatic nitrogens is 1. The molecule has 6 rings (SSSR count). The second kappa shape index (κ2) is 12.5. The number of rotatable bonds is 10. The van der Waals surface area contributed by atoms with E-state index in [1.165, 1.54) is 50.8 Å². The van der Waals surface area contributed by atoms with Crippen molar-refractivity contribution in [1.29, 1.82) is 0 Å². The predicted octanol–water partition coefficient (Wildman–Crippen LogP) is 6.27. The number of benzene rings is 3. The van der Waals surface area contributed by atoms with E-state index in [-0.39, 0.29) is 20.6 Å². The smallest absolute Gasteiger partial charge is 0.271 e. The number of carbonyl (C=O) groups is 1. The maximum atomic E-state index is 15.5. The average molecular weight is 686 g/mol. The fourth-order valence-electron chi connectivity index (χ4n) is 6.53. The SMILES string of the molecule is CCN(C)Cc1ccc(OC)c(C2(N3CCCC3c3ncco3)C(=O)N(S(=O)(=O)c3ccc(OC)cc3)c3cc(Cl)c(Cl)cc32)c1. The number of carbonyl (C=O) groups excluding carboxylic acids is 1. The van der Waals surface area contributed by atoms with E-state index in [4.69, 9.17) is 37.1 Å². The molecule has 2 atom stereocenters. The van der Waals surface area contributed by atoms with Crippen molar-refractivity contribution in [2.24, 2.45) is 0 Å². The number of hydrogen-bond donors (Lipinski definition) is 0. The highest BCUT2D eigenvalue weighted by atomic mass is 35.5. The van der Waals surface area contributed by atoms with Crippen molar-refractivity contribution < 1.29 is 27.1 Å². The summed E-state index contributed by atoms with van der Waals surface area (Å²) in [4.78, 5) is 23.9. The third kappa shape index (κ3) is 5.14. The molecule has 0 saturated carbocycles. The number of hydrogen-bond acceptors (Lipinski definition) is 9. The van der Waals surface area contributed by atoms with Crippen LogP contribution in [-0.2, 0) is 26.9 Å². The van der Waals surface area contributed by atoms with Gasteiger partial charge in [-0.3, -0.25) is 9.69 Å². The summed E-state index contributed by atoms with van der Waals surface area (Å²) in [5.41, 5.74) is 0.142. The minimum Gasteiger partial charge on any atom is -0.497 e. The molecule has 10 nitrogen and oxygen atoms in total. The van der Waals surface area contributed by atoms with Crippen LogP contribution in [0.5, 0.6) is 11.5 Å². The second-order valence-corrected chi connectivity index (χ2v) is 13.9. The molecule has 1 aromatic heterocycles. The topological polar surface area (TPSA) is 105 Å². The predicted molar refractivity (Wildman–Crippen MR) is 175 cm³/mol. The van der Waals surface area contributed by atoms with Gasteiger partial charge in [0.05, 0.1) is 47.1 Å². The monoisotopic (exact) mass is 684 g/mol. The molecule has 2 unspecified atom stereocenters. The molecule has 1 fully saturated rings. The van der Waals surface area contributed by atoms with Crippen molar-refractivity contribution >= 4 is 44.8 Å². The minimum absolute atomic E-state index is 0.0922. The van der Waals surface area contributed by atoms with E-state index < -0.39 is 27.5 Å². The molecule has 0 bridgehead atoms. The fraction of sp³-hybridized carbons (Fsp3) is 0.333. The van der Waals surface area contributed by atoms with Crippen LogP contribution in [0.2, 0.25) is 10.0 Å². The maximum Gasteiger partial charge on any atom is 0.271 e. The van der Waals surface area contributed by atoms with E-state index in [0.29, 0.717) is 54.4 Å². The number of ether oxygens (including phenoxy) is 2. The number of anilines is 1. The molecule has 46 heavy (non-hydrogen) atoms. The van der Waals surface area contributed by atoms with Crippen LogP contribution in [0.15, 0.2) is 76.4 Å². The minimum atomic E-state index is -4.48. The van der Waals surface area contributed by atoms with E-state index in [0.717, 1.165) is 16.4 Å². The van der Waals surface area contributed by atoms with Crippen molar-refractivity contribution in [1.82, 2.24) is 14.8 Å². The zero-order valence-electron chi connectivity index (χ0n) is 25.9. The maximum absolute atomic E-state index is 15.5. The van der Waals surface area contributed by atoms with Crippen molar-refractivity contribution in [3.8, 4) is 11.5 Å². The number of nitrogens with zero attached hydrogens (tertiary/aromatic N) is 4. The van der Waals surface area contributed by atoms with E-state index in [2.05, 4.69) is 16.8 Å². The van der Waals surface area contributed by atoms with Gasteiger partial charge in [0.25, 0.3) is 15.9 Å². The first-order valence-electron chi connectivity index (χ1n) is 14.8. The molecule has 0 N–H and O–H groups in total. The molecule has 0 radical (unpaired) electrons. The summed E-state index contributed by atoms with van der Waals surface area (Å²) in [5.74, 6) is 0.591. The van der Waals surface area contributed by atoms with Crippen LogP contribution in [0.3, 0.4) is 0 Å². The van der Waals surface area contributed by atoms with Gasteiger partial charge in [-0.25, -0.2) is 17.7 Å². The van der Waals surface area contributed by atoms with Gasteiger partial charge in [-0.1, -0.05) is 36.2 Å². The van der Waals surface area contributed by atoms with Crippen LogP contribution in [-0.4, -0.2) is 63.5 Å². The number of likely N-dealkylation sites (tertiary alicyclic amines) is 1. The first kappa shape index (κ1) is 32.3. The molecular formula is C33H34Cl2N4O6S. The normalized spacial score (nSPS) is 20.0. The van der Waals surface area contributed by atoms with Crippen molar-refractivity contribution in [2.45, 2.75) is 42.8 Å². The van der Waals surface area contributed by atoms with E-state index >= 15 is 4.79 Å². The lowest BCUT2D eigenvalue weighted by molar-refractivity contribution is -0.127. The zero-order chi connectivity index (χ0) is 32.8. The van der Waals surface area contributed by atoms with Gasteiger partial charge in [0.2, 0.25) is 5.89 Å². The van der Waals surface area contributed by atoms with Gasteiger partial charge >= 0.3 is 0 Å². The molecule has 242 valence electrons. The lowest BCUT2D eigenvalue weighted by Crippen LogP contribution is -2.54. The summed E-state index contributed by atoms with van der Waals surface area (Å²) in [6, 6.07) is 14.1. The molecular weight excluding hydrogens is 651 g/mol. The van der Waals surface area contributed by atoms with E-state index in [9.17, 15) is 8.42 Å². The fourth-order valence-corrected chi connectivity index (χ4v) is 8.31. The zero-order valence-corrected chi connectivity index (χ0v) is 28.2. The van der Waals surface area contributed by atoms with Gasteiger partial charge in [0, 0.05) is 24.2 Å². The highest BCUT2D eigenvalue weighted by Crippen LogP contribution is 2.57. The Labute approximate surface area is 278 Å². The number of oxazole rings is 1. The third-order valence-corrected chi connectivity index (χ3v) is 11.2. The standard InChI is InChI=1S/C33H34Cl2N4O6S/c1-5-37(2)20-21-8-13-30(44-4)25(17-21)33(38-15-6-7-28(38)31-36-14-16-45-31)24-18-26(34)27(35)19-29(24)39(32(33)40)46(41,42)23-11-9-22(43-3)10-12-23/h8-14,16-19,28H,5-7,15,20H2,1-4H3. The van der Waals surface area contributed by atoms with Crippen LogP contribution >= 0.6 is 23.2 Å². The van der Waals surface area contributed by atoms with E-state index in [1.54, 1.807) is 12.3 Å². The Morgan fingerprint density at radius 2 is 1.78 bits per heavy atom. The molecule has 1 amide bonds. The third-order valence-electron chi connectivity index (χ3n) is 8.80. The van der Waals surface area contributed by atoms with Gasteiger partial charge < -0.3 is 18.8 Å². The number of sulfonamides is 1. The largest absolute Gasteiger partial charge is 0.497 e. The van der Waals surface area contributed by atoms with Crippen LogP contribution in [0.1, 0.15) is 48.4 Å². The Morgan fingerprint density at radius 1 is 1.04 bits per heavy atom. The highest BCUT2D eigenvalue weighted by Gasteiger charge is 2.63.